The first-order chi connectivity index (χ1) is 8.95. The fourth-order valence-electron chi connectivity index (χ4n) is 1.93. The summed E-state index contributed by atoms with van der Waals surface area (Å²) in [5.41, 5.74) is 0. The number of carbonyl (C=O) groups excluding carboxylic acids is 1. The number of nitrogens with one attached hydrogen (secondary N) is 1. The molecule has 1 saturated heterocycles. The standard InChI is InChI=1S/C13H23NO5/c1-4-18-7-9(8(2)3)14-12(15)10-5-6-11(19-10)13(16)17/h8-11H,4-7H2,1-3H3,(H,14,15)(H,16,17). The van der Waals surface area contributed by atoms with E-state index in [1.807, 2.05) is 20.8 Å². The lowest BCUT2D eigenvalue weighted by atomic mass is 10.0. The van der Waals surface area contributed by atoms with Gasteiger partial charge in [0.05, 0.1) is 12.6 Å². The van der Waals surface area contributed by atoms with Gasteiger partial charge >= 0.3 is 5.97 Å². The highest BCUT2D eigenvalue weighted by Crippen LogP contribution is 2.20. The minimum atomic E-state index is -1.01. The Bertz CT molecular complexity index is 318. The van der Waals surface area contributed by atoms with Gasteiger partial charge in [-0.1, -0.05) is 13.8 Å². The van der Waals surface area contributed by atoms with Crippen molar-refractivity contribution in [2.24, 2.45) is 5.92 Å². The first-order valence-corrected chi connectivity index (χ1v) is 6.72. The predicted molar refractivity (Wildman–Crippen MR) is 68.8 cm³/mol. The van der Waals surface area contributed by atoms with E-state index in [0.717, 1.165) is 0 Å². The molecule has 2 N–H and O–H groups in total. The molecule has 0 aromatic rings. The largest absolute Gasteiger partial charge is 0.479 e. The Balaban J connectivity index is 2.46. The minimum absolute atomic E-state index is 0.0834. The summed E-state index contributed by atoms with van der Waals surface area (Å²) in [5.74, 6) is -1.01. The SMILES string of the molecule is CCOCC(NC(=O)C1CCC(C(=O)O)O1)C(C)C. The molecule has 0 aliphatic carbocycles. The minimum Gasteiger partial charge on any atom is -0.479 e. The van der Waals surface area contributed by atoms with E-state index in [9.17, 15) is 9.59 Å². The molecule has 1 fully saturated rings. The molecule has 1 amide bonds. The van der Waals surface area contributed by atoms with Gasteiger partial charge in [0.15, 0.2) is 6.10 Å². The van der Waals surface area contributed by atoms with Gasteiger partial charge in [0.2, 0.25) is 5.91 Å². The Morgan fingerprint density at radius 3 is 2.47 bits per heavy atom. The lowest BCUT2D eigenvalue weighted by Gasteiger charge is -2.23. The van der Waals surface area contributed by atoms with E-state index in [-0.39, 0.29) is 17.9 Å². The van der Waals surface area contributed by atoms with Crippen LogP contribution >= 0.6 is 0 Å². The van der Waals surface area contributed by atoms with Gasteiger partial charge in [-0.25, -0.2) is 4.79 Å². The Kier molecular flexibility index (Phi) is 6.24. The lowest BCUT2D eigenvalue weighted by Crippen LogP contribution is -2.46. The summed E-state index contributed by atoms with van der Waals surface area (Å²) in [6.07, 6.45) is -0.697. The summed E-state index contributed by atoms with van der Waals surface area (Å²) in [4.78, 5) is 22.8. The zero-order valence-electron chi connectivity index (χ0n) is 11.7. The van der Waals surface area contributed by atoms with E-state index in [0.29, 0.717) is 26.1 Å². The molecule has 0 radical (unpaired) electrons. The van der Waals surface area contributed by atoms with Crippen molar-refractivity contribution in [2.75, 3.05) is 13.2 Å². The first-order valence-electron chi connectivity index (χ1n) is 6.72. The predicted octanol–water partition coefficient (Wildman–Crippen LogP) is 0.796. The molecular formula is C13H23NO5. The van der Waals surface area contributed by atoms with E-state index in [1.165, 1.54) is 0 Å². The van der Waals surface area contributed by atoms with Gasteiger partial charge in [-0.3, -0.25) is 4.79 Å². The molecule has 1 rings (SSSR count). The van der Waals surface area contributed by atoms with Crippen LogP contribution in [0.1, 0.15) is 33.6 Å². The number of carbonyl (C=O) groups is 2. The third-order valence-electron chi connectivity index (χ3n) is 3.22. The molecule has 3 atom stereocenters. The maximum Gasteiger partial charge on any atom is 0.332 e. The van der Waals surface area contributed by atoms with Gasteiger partial charge in [0.1, 0.15) is 6.10 Å². The summed E-state index contributed by atoms with van der Waals surface area (Å²) in [6, 6.07) is -0.0834. The molecule has 0 aromatic heterocycles. The zero-order valence-corrected chi connectivity index (χ0v) is 11.7. The van der Waals surface area contributed by atoms with Gasteiger partial charge in [0, 0.05) is 6.61 Å². The van der Waals surface area contributed by atoms with Crippen LogP contribution in [0.3, 0.4) is 0 Å². The van der Waals surface area contributed by atoms with E-state index in [2.05, 4.69) is 5.32 Å². The number of hydrogen-bond acceptors (Lipinski definition) is 4. The fourth-order valence-corrected chi connectivity index (χ4v) is 1.93. The highest BCUT2D eigenvalue weighted by Gasteiger charge is 2.35. The van der Waals surface area contributed by atoms with Crippen LogP contribution in [-0.2, 0) is 19.1 Å². The molecule has 6 nitrogen and oxygen atoms in total. The highest BCUT2D eigenvalue weighted by molar-refractivity contribution is 5.82. The van der Waals surface area contributed by atoms with Crippen LogP contribution < -0.4 is 5.32 Å². The van der Waals surface area contributed by atoms with Gasteiger partial charge in [-0.15, -0.1) is 0 Å². The summed E-state index contributed by atoms with van der Waals surface area (Å²) in [7, 11) is 0. The normalized spacial score (nSPS) is 24.4. The van der Waals surface area contributed by atoms with Crippen LogP contribution in [0.15, 0.2) is 0 Å². The lowest BCUT2D eigenvalue weighted by molar-refractivity contribution is -0.152. The summed E-state index contributed by atoms with van der Waals surface area (Å²) in [5, 5.41) is 11.7. The number of rotatable bonds is 7. The molecule has 0 spiro atoms. The zero-order chi connectivity index (χ0) is 14.4. The third-order valence-corrected chi connectivity index (χ3v) is 3.22. The topological polar surface area (TPSA) is 84.9 Å². The van der Waals surface area contributed by atoms with Crippen molar-refractivity contribution in [3.05, 3.63) is 0 Å². The van der Waals surface area contributed by atoms with E-state index >= 15 is 0 Å². The van der Waals surface area contributed by atoms with Crippen LogP contribution in [0.4, 0.5) is 0 Å². The summed E-state index contributed by atoms with van der Waals surface area (Å²) >= 11 is 0. The van der Waals surface area contributed by atoms with Crippen LogP contribution in [0, 0.1) is 5.92 Å². The van der Waals surface area contributed by atoms with Crippen molar-refractivity contribution < 1.29 is 24.2 Å². The second kappa shape index (κ2) is 7.45. The maximum absolute atomic E-state index is 12.0. The number of carboxylic acid groups (broad SMARTS) is 1. The second-order valence-corrected chi connectivity index (χ2v) is 5.05. The smallest absolute Gasteiger partial charge is 0.332 e. The van der Waals surface area contributed by atoms with Crippen LogP contribution in [0.25, 0.3) is 0 Å². The Morgan fingerprint density at radius 2 is 2.00 bits per heavy atom. The number of aliphatic carboxylic acids is 1. The second-order valence-electron chi connectivity index (χ2n) is 5.05. The Hall–Kier alpha value is -1.14. The molecule has 6 heteroatoms. The number of amides is 1. The molecule has 1 aliphatic rings. The van der Waals surface area contributed by atoms with Crippen molar-refractivity contribution in [2.45, 2.75) is 51.9 Å². The average molecular weight is 273 g/mol. The monoisotopic (exact) mass is 273 g/mol. The van der Waals surface area contributed by atoms with Gasteiger partial charge in [-0.05, 0) is 25.7 Å². The van der Waals surface area contributed by atoms with Crippen LogP contribution in [0.5, 0.6) is 0 Å². The van der Waals surface area contributed by atoms with Gasteiger partial charge < -0.3 is 19.9 Å². The average Bonchev–Trinajstić information content (AvgIpc) is 2.83. The van der Waals surface area contributed by atoms with E-state index < -0.39 is 18.2 Å². The molecule has 3 unspecified atom stereocenters. The van der Waals surface area contributed by atoms with Crippen LogP contribution in [-0.4, -0.2) is 48.4 Å². The molecule has 1 heterocycles. The number of ether oxygens (including phenoxy) is 2. The van der Waals surface area contributed by atoms with Gasteiger partial charge in [0.25, 0.3) is 0 Å². The van der Waals surface area contributed by atoms with Gasteiger partial charge in [-0.2, -0.15) is 0 Å². The van der Waals surface area contributed by atoms with Crippen molar-refractivity contribution in [3.63, 3.8) is 0 Å². The third kappa shape index (κ3) is 4.80. The number of carboxylic acids is 1. The molecule has 19 heavy (non-hydrogen) atoms. The molecule has 110 valence electrons. The molecule has 0 aromatic carbocycles. The van der Waals surface area contributed by atoms with E-state index in [1.54, 1.807) is 0 Å². The summed E-state index contributed by atoms with van der Waals surface area (Å²) < 4.78 is 10.5. The quantitative estimate of drug-likeness (QED) is 0.716. The van der Waals surface area contributed by atoms with E-state index in [4.69, 9.17) is 14.6 Å². The first kappa shape index (κ1) is 15.9. The van der Waals surface area contributed by atoms with Crippen molar-refractivity contribution in [3.8, 4) is 0 Å². The highest BCUT2D eigenvalue weighted by atomic mass is 16.5. The van der Waals surface area contributed by atoms with Crippen molar-refractivity contribution in [1.29, 1.82) is 0 Å². The number of hydrogen-bond donors (Lipinski definition) is 2. The Labute approximate surface area is 113 Å². The summed E-state index contributed by atoms with van der Waals surface area (Å²) in [6.45, 7) is 6.95. The molecule has 0 saturated carbocycles. The van der Waals surface area contributed by atoms with Crippen molar-refractivity contribution >= 4 is 11.9 Å². The molecule has 0 bridgehead atoms. The Morgan fingerprint density at radius 1 is 1.37 bits per heavy atom. The maximum atomic E-state index is 12.0. The molecular weight excluding hydrogens is 250 g/mol. The fraction of sp³-hybridized carbons (Fsp3) is 0.846. The van der Waals surface area contributed by atoms with Crippen LogP contribution in [0.2, 0.25) is 0 Å². The molecule has 1 aliphatic heterocycles. The van der Waals surface area contributed by atoms with Crippen molar-refractivity contribution in [1.82, 2.24) is 5.32 Å².